The van der Waals surface area contributed by atoms with Crippen LogP contribution in [0.2, 0.25) is 0 Å². The number of hydrogen-bond donors (Lipinski definition) is 1. The van der Waals surface area contributed by atoms with Crippen molar-refractivity contribution >= 4 is 17.3 Å². The molecule has 1 saturated heterocycles. The number of aromatic nitrogens is 2. The zero-order valence-corrected chi connectivity index (χ0v) is 20.8. The van der Waals surface area contributed by atoms with Crippen molar-refractivity contribution in [3.63, 3.8) is 0 Å². The summed E-state index contributed by atoms with van der Waals surface area (Å²) in [7, 11) is 0. The summed E-state index contributed by atoms with van der Waals surface area (Å²) in [6.07, 6.45) is 2.88. The third-order valence-corrected chi connectivity index (χ3v) is 6.83. The van der Waals surface area contributed by atoms with Gasteiger partial charge < -0.3 is 14.8 Å². The molecule has 1 aliphatic heterocycles. The van der Waals surface area contributed by atoms with Gasteiger partial charge in [0.25, 0.3) is 0 Å². The zero-order valence-electron chi connectivity index (χ0n) is 20.0. The quantitative estimate of drug-likeness (QED) is 0.472. The van der Waals surface area contributed by atoms with Gasteiger partial charge in [-0.3, -0.25) is 4.98 Å². The molecule has 1 aliphatic rings. The van der Waals surface area contributed by atoms with Crippen molar-refractivity contribution in [2.45, 2.75) is 60.0 Å². The fraction of sp³-hybridized carbons (Fsp3) is 0.407. The molecule has 0 spiro atoms. The molecule has 3 heterocycles. The van der Waals surface area contributed by atoms with E-state index in [0.29, 0.717) is 5.92 Å². The minimum absolute atomic E-state index is 0.0268. The van der Waals surface area contributed by atoms with Gasteiger partial charge in [0.2, 0.25) is 0 Å². The number of pyridine rings is 1. The van der Waals surface area contributed by atoms with Crippen LogP contribution in [0.5, 0.6) is 0 Å². The molecule has 4 rings (SSSR count). The SMILES string of the molecule is CCc1cccc(C)c1-n1c(C)cc([C@@H]2[C@@H](c3ccccn3)NC(=S)N2CC(C)C)c1C. The zero-order chi connectivity index (χ0) is 23.0. The summed E-state index contributed by atoms with van der Waals surface area (Å²) in [4.78, 5) is 7.05. The number of hydrogen-bond acceptors (Lipinski definition) is 2. The first-order chi connectivity index (χ1) is 15.3. The Morgan fingerprint density at radius 2 is 1.88 bits per heavy atom. The smallest absolute Gasteiger partial charge is 0.170 e. The summed E-state index contributed by atoms with van der Waals surface area (Å²) < 4.78 is 2.44. The van der Waals surface area contributed by atoms with Gasteiger partial charge in [-0.25, -0.2) is 0 Å². The molecule has 1 N–H and O–H groups in total. The highest BCUT2D eigenvalue weighted by atomic mass is 32.1. The highest BCUT2D eigenvalue weighted by Gasteiger charge is 2.41. The Morgan fingerprint density at radius 1 is 1.09 bits per heavy atom. The van der Waals surface area contributed by atoms with Gasteiger partial charge in [-0.2, -0.15) is 0 Å². The lowest BCUT2D eigenvalue weighted by molar-refractivity contribution is 0.287. The highest BCUT2D eigenvalue weighted by molar-refractivity contribution is 7.80. The standard InChI is InChI=1S/C27H34N4S/c1-7-21-12-10-11-18(4)25(21)31-19(5)15-22(20(31)6)26-24(23-13-8-9-14-28-23)29-27(32)30(26)16-17(2)3/h8-15,17,24,26H,7,16H2,1-6H3,(H,29,32)/t24-,26-/m1/s1. The molecule has 1 fully saturated rings. The number of aryl methyl sites for hydroxylation is 3. The maximum absolute atomic E-state index is 5.83. The van der Waals surface area contributed by atoms with E-state index in [4.69, 9.17) is 12.2 Å². The summed E-state index contributed by atoms with van der Waals surface area (Å²) in [5, 5.41) is 4.40. The Balaban J connectivity index is 1.88. The van der Waals surface area contributed by atoms with Gasteiger partial charge in [0, 0.05) is 24.1 Å². The largest absolute Gasteiger partial charge is 0.352 e. The van der Waals surface area contributed by atoms with E-state index in [1.54, 1.807) is 0 Å². The van der Waals surface area contributed by atoms with Crippen LogP contribution in [0.1, 0.15) is 66.6 Å². The Morgan fingerprint density at radius 3 is 2.53 bits per heavy atom. The minimum atomic E-state index is 0.0268. The molecule has 0 unspecified atom stereocenters. The normalized spacial score (nSPS) is 18.5. The molecule has 0 aliphatic carbocycles. The fourth-order valence-corrected chi connectivity index (χ4v) is 5.41. The molecule has 0 amide bonds. The molecular formula is C27H34N4S. The predicted molar refractivity (Wildman–Crippen MR) is 136 cm³/mol. The van der Waals surface area contributed by atoms with Crippen LogP contribution < -0.4 is 5.32 Å². The topological polar surface area (TPSA) is 33.1 Å². The van der Waals surface area contributed by atoms with Crippen LogP contribution in [0, 0.1) is 26.7 Å². The van der Waals surface area contributed by atoms with Gasteiger partial charge in [-0.1, -0.05) is 45.0 Å². The van der Waals surface area contributed by atoms with Gasteiger partial charge >= 0.3 is 0 Å². The van der Waals surface area contributed by atoms with Crippen LogP contribution >= 0.6 is 12.2 Å². The van der Waals surface area contributed by atoms with Crippen molar-refractivity contribution in [2.75, 3.05) is 6.54 Å². The van der Waals surface area contributed by atoms with Crippen molar-refractivity contribution in [3.05, 3.63) is 82.4 Å². The number of thiocarbonyl (C=S) groups is 1. The lowest BCUT2D eigenvalue weighted by Crippen LogP contribution is -2.33. The van der Waals surface area contributed by atoms with Crippen molar-refractivity contribution in [1.82, 2.24) is 19.8 Å². The van der Waals surface area contributed by atoms with E-state index in [1.807, 2.05) is 12.3 Å². The maximum Gasteiger partial charge on any atom is 0.170 e. The molecule has 2 atom stereocenters. The molecule has 168 valence electrons. The van der Waals surface area contributed by atoms with E-state index in [-0.39, 0.29) is 12.1 Å². The Labute approximate surface area is 197 Å². The van der Waals surface area contributed by atoms with E-state index in [9.17, 15) is 0 Å². The third kappa shape index (κ3) is 3.95. The third-order valence-electron chi connectivity index (χ3n) is 6.47. The fourth-order valence-electron chi connectivity index (χ4n) is 5.09. The summed E-state index contributed by atoms with van der Waals surface area (Å²) in [5.41, 5.74) is 8.87. The van der Waals surface area contributed by atoms with Crippen LogP contribution in [0.3, 0.4) is 0 Å². The second kappa shape index (κ2) is 9.07. The summed E-state index contributed by atoms with van der Waals surface area (Å²) in [5.74, 6) is 0.506. The molecule has 2 aromatic heterocycles. The van der Waals surface area contributed by atoms with Crippen molar-refractivity contribution < 1.29 is 0 Å². The van der Waals surface area contributed by atoms with Gasteiger partial charge in [0.05, 0.1) is 23.5 Å². The number of rotatable bonds is 6. The molecule has 5 heteroatoms. The molecular weight excluding hydrogens is 412 g/mol. The van der Waals surface area contributed by atoms with E-state index in [1.165, 1.54) is 33.8 Å². The Bertz CT molecular complexity index is 1120. The van der Waals surface area contributed by atoms with Crippen molar-refractivity contribution in [3.8, 4) is 5.69 Å². The summed E-state index contributed by atoms with van der Waals surface area (Å²) in [6.45, 7) is 14.3. The van der Waals surface area contributed by atoms with Crippen LogP contribution in [-0.2, 0) is 6.42 Å². The van der Waals surface area contributed by atoms with Gasteiger partial charge in [-0.05, 0) is 80.2 Å². The average Bonchev–Trinajstić information content (AvgIpc) is 3.23. The van der Waals surface area contributed by atoms with E-state index in [0.717, 1.165) is 23.8 Å². The number of benzene rings is 1. The molecule has 32 heavy (non-hydrogen) atoms. The molecule has 4 nitrogen and oxygen atoms in total. The first-order valence-corrected chi connectivity index (χ1v) is 12.0. The van der Waals surface area contributed by atoms with Gasteiger partial charge in [0.15, 0.2) is 5.11 Å². The van der Waals surface area contributed by atoms with Crippen LogP contribution in [0.4, 0.5) is 0 Å². The van der Waals surface area contributed by atoms with E-state index >= 15 is 0 Å². The molecule has 1 aromatic carbocycles. The van der Waals surface area contributed by atoms with Crippen LogP contribution in [0.15, 0.2) is 48.7 Å². The van der Waals surface area contributed by atoms with Gasteiger partial charge in [0.1, 0.15) is 0 Å². The average molecular weight is 447 g/mol. The van der Waals surface area contributed by atoms with Crippen molar-refractivity contribution in [2.24, 2.45) is 5.92 Å². The Kier molecular flexibility index (Phi) is 6.38. The monoisotopic (exact) mass is 446 g/mol. The van der Waals surface area contributed by atoms with Crippen LogP contribution in [-0.4, -0.2) is 26.1 Å². The van der Waals surface area contributed by atoms with E-state index < -0.39 is 0 Å². The van der Waals surface area contributed by atoms with Crippen LogP contribution in [0.25, 0.3) is 5.69 Å². The highest BCUT2D eigenvalue weighted by Crippen LogP contribution is 2.42. The molecule has 0 radical (unpaired) electrons. The van der Waals surface area contributed by atoms with Gasteiger partial charge in [-0.15, -0.1) is 0 Å². The first kappa shape index (κ1) is 22.5. The summed E-state index contributed by atoms with van der Waals surface area (Å²) >= 11 is 5.83. The first-order valence-electron chi connectivity index (χ1n) is 11.6. The summed E-state index contributed by atoms with van der Waals surface area (Å²) in [6, 6.07) is 15.2. The predicted octanol–water partition coefficient (Wildman–Crippen LogP) is 5.99. The number of nitrogens with one attached hydrogen (secondary N) is 1. The molecule has 3 aromatic rings. The molecule has 0 bridgehead atoms. The minimum Gasteiger partial charge on any atom is -0.352 e. The second-order valence-corrected chi connectivity index (χ2v) is 9.66. The van der Waals surface area contributed by atoms with E-state index in [2.05, 4.69) is 97.7 Å². The Hall–Kier alpha value is -2.66. The lowest BCUT2D eigenvalue weighted by Gasteiger charge is -2.29. The number of para-hydroxylation sites is 1. The number of nitrogens with zero attached hydrogens (tertiary/aromatic N) is 3. The van der Waals surface area contributed by atoms with Crippen molar-refractivity contribution in [1.29, 1.82) is 0 Å². The second-order valence-electron chi connectivity index (χ2n) is 9.27. The lowest BCUT2D eigenvalue weighted by atomic mass is 9.96. The maximum atomic E-state index is 5.83. The molecule has 0 saturated carbocycles.